The number of ether oxygens (including phenoxy) is 1. The molecule has 0 saturated heterocycles. The Labute approximate surface area is 160 Å². The molecule has 0 saturated carbocycles. The summed E-state index contributed by atoms with van der Waals surface area (Å²) >= 11 is 3.36. The van der Waals surface area contributed by atoms with Gasteiger partial charge in [-0.25, -0.2) is 0 Å². The number of amides is 1. The minimum Gasteiger partial charge on any atom is -0.492 e. The van der Waals surface area contributed by atoms with Gasteiger partial charge in [0.05, 0.1) is 12.2 Å². The highest BCUT2D eigenvalue weighted by molar-refractivity contribution is 9.10. The van der Waals surface area contributed by atoms with Gasteiger partial charge in [0.15, 0.2) is 5.60 Å². The van der Waals surface area contributed by atoms with E-state index >= 15 is 0 Å². The van der Waals surface area contributed by atoms with E-state index in [0.29, 0.717) is 11.3 Å². The fourth-order valence-corrected chi connectivity index (χ4v) is 3.53. The summed E-state index contributed by atoms with van der Waals surface area (Å²) in [6.07, 6.45) is -0.245. The zero-order valence-electron chi connectivity index (χ0n) is 14.7. The Bertz CT molecular complexity index is 849. The number of fused-ring (bicyclic) bond motifs is 1. The Morgan fingerprint density at radius 3 is 2.58 bits per heavy atom. The molecule has 0 aliphatic carbocycles. The fourth-order valence-electron chi connectivity index (χ4n) is 3.17. The highest BCUT2D eigenvalue weighted by Crippen LogP contribution is 2.43. The molecular weight excluding hydrogens is 398 g/mol. The number of rotatable bonds is 6. The molecule has 1 aliphatic rings. The van der Waals surface area contributed by atoms with Crippen LogP contribution in [-0.4, -0.2) is 29.9 Å². The van der Waals surface area contributed by atoms with E-state index in [1.807, 2.05) is 31.2 Å². The molecular formula is C20H20BrNO4. The van der Waals surface area contributed by atoms with Crippen molar-refractivity contribution in [2.24, 2.45) is 0 Å². The maximum absolute atomic E-state index is 12.9. The molecule has 0 bridgehead atoms. The third-order valence-corrected chi connectivity index (χ3v) is 4.90. The van der Waals surface area contributed by atoms with Crippen LogP contribution in [-0.2, 0) is 15.2 Å². The number of ketones is 1. The first-order valence-electron chi connectivity index (χ1n) is 8.34. The molecule has 1 N–H and O–H groups in total. The molecule has 3 rings (SSSR count). The lowest BCUT2D eigenvalue weighted by atomic mass is 9.90. The van der Waals surface area contributed by atoms with Gasteiger partial charge in [-0.2, -0.15) is 0 Å². The highest BCUT2D eigenvalue weighted by atomic mass is 79.9. The van der Waals surface area contributed by atoms with E-state index in [1.54, 1.807) is 18.2 Å². The predicted octanol–water partition coefficient (Wildman–Crippen LogP) is 3.35. The largest absolute Gasteiger partial charge is 0.492 e. The summed E-state index contributed by atoms with van der Waals surface area (Å²) in [5.74, 6) is -0.0184. The molecule has 26 heavy (non-hydrogen) atoms. The third-order valence-electron chi connectivity index (χ3n) is 4.40. The van der Waals surface area contributed by atoms with Gasteiger partial charge in [0, 0.05) is 16.5 Å². The Balaban J connectivity index is 1.80. The summed E-state index contributed by atoms with van der Waals surface area (Å²) in [5.41, 5.74) is 0.368. The maximum atomic E-state index is 12.9. The molecule has 0 aromatic heterocycles. The molecule has 2 aromatic carbocycles. The minimum absolute atomic E-state index is 0.245. The lowest BCUT2D eigenvalue weighted by Crippen LogP contribution is -2.43. The van der Waals surface area contributed by atoms with Crippen LogP contribution in [0.4, 0.5) is 5.69 Å². The first-order valence-corrected chi connectivity index (χ1v) is 9.14. The SMILES string of the molecule is CC(=O)C[C@@]1(O)C(=O)N(CCOc2ccc(C)cc2)c2ccc(Br)cc21. The number of nitrogens with zero attached hydrogens (tertiary/aromatic N) is 1. The van der Waals surface area contributed by atoms with Gasteiger partial charge in [0.25, 0.3) is 5.91 Å². The van der Waals surface area contributed by atoms with Gasteiger partial charge in [0.2, 0.25) is 0 Å². The number of carbonyl (C=O) groups excluding carboxylic acids is 2. The van der Waals surface area contributed by atoms with E-state index in [-0.39, 0.29) is 25.4 Å². The van der Waals surface area contributed by atoms with E-state index in [1.165, 1.54) is 11.8 Å². The van der Waals surface area contributed by atoms with E-state index < -0.39 is 11.5 Å². The summed E-state index contributed by atoms with van der Waals surface area (Å²) in [6.45, 7) is 3.92. The summed E-state index contributed by atoms with van der Waals surface area (Å²) < 4.78 is 6.45. The van der Waals surface area contributed by atoms with Gasteiger partial charge in [-0.15, -0.1) is 0 Å². The summed E-state index contributed by atoms with van der Waals surface area (Å²) in [7, 11) is 0. The van der Waals surface area contributed by atoms with Crippen LogP contribution in [0.1, 0.15) is 24.5 Å². The van der Waals surface area contributed by atoms with Gasteiger partial charge >= 0.3 is 0 Å². The monoisotopic (exact) mass is 417 g/mol. The van der Waals surface area contributed by atoms with Gasteiger partial charge in [-0.05, 0) is 44.2 Å². The van der Waals surface area contributed by atoms with Crippen LogP contribution in [0.25, 0.3) is 0 Å². The van der Waals surface area contributed by atoms with Crippen LogP contribution in [0.15, 0.2) is 46.9 Å². The molecule has 0 radical (unpaired) electrons. The van der Waals surface area contributed by atoms with Crippen LogP contribution in [0.2, 0.25) is 0 Å². The molecule has 1 heterocycles. The summed E-state index contributed by atoms with van der Waals surface area (Å²) in [4.78, 5) is 26.0. The molecule has 0 fully saturated rings. The Kier molecular flexibility index (Phi) is 5.16. The Hall–Kier alpha value is -2.18. The highest BCUT2D eigenvalue weighted by Gasteiger charge is 2.50. The zero-order chi connectivity index (χ0) is 18.9. The lowest BCUT2D eigenvalue weighted by molar-refractivity contribution is -0.141. The van der Waals surface area contributed by atoms with Crippen molar-refractivity contribution in [1.82, 2.24) is 0 Å². The van der Waals surface area contributed by atoms with E-state index in [4.69, 9.17) is 4.74 Å². The van der Waals surface area contributed by atoms with Crippen molar-refractivity contribution in [3.63, 3.8) is 0 Å². The molecule has 1 aliphatic heterocycles. The maximum Gasteiger partial charge on any atom is 0.264 e. The minimum atomic E-state index is -1.82. The van der Waals surface area contributed by atoms with Gasteiger partial charge in [-0.1, -0.05) is 33.6 Å². The number of halogens is 1. The molecule has 2 aromatic rings. The Morgan fingerprint density at radius 1 is 1.23 bits per heavy atom. The van der Waals surface area contributed by atoms with Crippen molar-refractivity contribution < 1.29 is 19.4 Å². The number of Topliss-reactive ketones (excluding diaryl/α,β-unsaturated/α-hetero) is 1. The number of hydrogen-bond acceptors (Lipinski definition) is 4. The predicted molar refractivity (Wildman–Crippen MR) is 102 cm³/mol. The quantitative estimate of drug-likeness (QED) is 0.782. The van der Waals surface area contributed by atoms with E-state index in [2.05, 4.69) is 15.9 Å². The van der Waals surface area contributed by atoms with Crippen LogP contribution >= 0.6 is 15.9 Å². The normalized spacial score (nSPS) is 18.8. The average Bonchev–Trinajstić information content (AvgIpc) is 2.77. The van der Waals surface area contributed by atoms with Crippen molar-refractivity contribution in [3.8, 4) is 5.75 Å². The second-order valence-corrected chi connectivity index (χ2v) is 7.43. The van der Waals surface area contributed by atoms with Gasteiger partial charge < -0.3 is 14.7 Å². The number of aryl methyl sites for hydroxylation is 1. The van der Waals surface area contributed by atoms with Crippen LogP contribution in [0.3, 0.4) is 0 Å². The average molecular weight is 418 g/mol. The molecule has 0 spiro atoms. The van der Waals surface area contributed by atoms with Crippen LogP contribution in [0.5, 0.6) is 5.75 Å². The smallest absolute Gasteiger partial charge is 0.264 e. The van der Waals surface area contributed by atoms with E-state index in [9.17, 15) is 14.7 Å². The van der Waals surface area contributed by atoms with Crippen molar-refractivity contribution in [3.05, 3.63) is 58.1 Å². The van der Waals surface area contributed by atoms with E-state index in [0.717, 1.165) is 15.8 Å². The van der Waals surface area contributed by atoms with Crippen molar-refractivity contribution in [1.29, 1.82) is 0 Å². The molecule has 0 unspecified atom stereocenters. The Morgan fingerprint density at radius 2 is 1.92 bits per heavy atom. The van der Waals surface area contributed by atoms with Crippen LogP contribution in [0, 0.1) is 6.92 Å². The second-order valence-electron chi connectivity index (χ2n) is 6.52. The second kappa shape index (κ2) is 7.21. The van der Waals surface area contributed by atoms with Crippen molar-refractivity contribution >= 4 is 33.3 Å². The first kappa shape index (κ1) is 18.6. The molecule has 5 nitrogen and oxygen atoms in total. The van der Waals surface area contributed by atoms with Gasteiger partial charge in [-0.3, -0.25) is 9.59 Å². The number of benzene rings is 2. The summed E-state index contributed by atoms with van der Waals surface area (Å²) in [5, 5.41) is 11.0. The standard InChI is InChI=1S/C20H20BrNO4/c1-13-3-6-16(7-4-13)26-10-9-22-18-8-5-15(21)11-17(18)20(25,19(22)24)12-14(2)23/h3-8,11,25H,9-10,12H2,1-2H3/t20-/m0/s1. The molecule has 1 atom stereocenters. The fraction of sp³-hybridized carbons (Fsp3) is 0.300. The zero-order valence-corrected chi connectivity index (χ0v) is 16.2. The first-order chi connectivity index (χ1) is 12.3. The third kappa shape index (κ3) is 3.52. The number of aliphatic hydroxyl groups is 1. The van der Waals surface area contributed by atoms with Gasteiger partial charge in [0.1, 0.15) is 18.1 Å². The molecule has 136 valence electrons. The van der Waals surface area contributed by atoms with Crippen LogP contribution < -0.4 is 9.64 Å². The number of carbonyl (C=O) groups is 2. The van der Waals surface area contributed by atoms with Crippen molar-refractivity contribution in [2.75, 3.05) is 18.1 Å². The number of hydrogen-bond donors (Lipinski definition) is 1. The molecule has 6 heteroatoms. The lowest BCUT2D eigenvalue weighted by Gasteiger charge is -2.22. The number of anilines is 1. The summed E-state index contributed by atoms with van der Waals surface area (Å²) in [6, 6.07) is 12.9. The topological polar surface area (TPSA) is 66.8 Å². The van der Waals surface area contributed by atoms with Crippen molar-refractivity contribution in [2.45, 2.75) is 25.9 Å². The molecule has 1 amide bonds.